The molecular formula is C20H32N2O4S. The fraction of sp³-hybridized carbons (Fsp3) is 0.650. The predicted molar refractivity (Wildman–Crippen MR) is 107 cm³/mol. The second-order valence-corrected chi connectivity index (χ2v) is 9.33. The van der Waals surface area contributed by atoms with Gasteiger partial charge in [0, 0.05) is 13.1 Å². The van der Waals surface area contributed by atoms with E-state index in [-0.39, 0.29) is 17.8 Å². The first kappa shape index (κ1) is 21.9. The Bertz CT molecular complexity index is 718. The Labute approximate surface area is 163 Å². The summed E-state index contributed by atoms with van der Waals surface area (Å²) in [5, 5.41) is 2.94. The van der Waals surface area contributed by atoms with E-state index in [9.17, 15) is 13.2 Å². The molecule has 0 spiro atoms. The SMILES string of the molecule is CCCS(=O)(=O)N1CCCCC1C(=O)NCc1ccccc1COC(C)C. The maximum Gasteiger partial charge on any atom is 0.238 e. The van der Waals surface area contributed by atoms with Gasteiger partial charge in [-0.15, -0.1) is 0 Å². The second-order valence-electron chi connectivity index (χ2n) is 7.28. The van der Waals surface area contributed by atoms with E-state index in [0.29, 0.717) is 32.5 Å². The van der Waals surface area contributed by atoms with Gasteiger partial charge in [-0.1, -0.05) is 37.6 Å². The average molecular weight is 397 g/mol. The van der Waals surface area contributed by atoms with Crippen molar-refractivity contribution in [2.24, 2.45) is 0 Å². The molecule has 1 aliphatic rings. The van der Waals surface area contributed by atoms with E-state index < -0.39 is 16.1 Å². The van der Waals surface area contributed by atoms with Crippen molar-refractivity contribution < 1.29 is 17.9 Å². The van der Waals surface area contributed by atoms with Crippen LogP contribution >= 0.6 is 0 Å². The Kier molecular flexibility index (Phi) is 8.26. The van der Waals surface area contributed by atoms with Crippen LogP contribution in [0.1, 0.15) is 57.6 Å². The Morgan fingerprint density at radius 1 is 1.26 bits per heavy atom. The molecule has 2 rings (SSSR count). The summed E-state index contributed by atoms with van der Waals surface area (Å²) in [5.74, 6) is -0.124. The highest BCUT2D eigenvalue weighted by molar-refractivity contribution is 7.89. The number of rotatable bonds is 9. The summed E-state index contributed by atoms with van der Waals surface area (Å²) < 4.78 is 32.1. The normalized spacial score (nSPS) is 18.6. The number of carbonyl (C=O) groups is 1. The summed E-state index contributed by atoms with van der Waals surface area (Å²) in [6.07, 6.45) is 2.94. The number of sulfonamides is 1. The van der Waals surface area contributed by atoms with Gasteiger partial charge < -0.3 is 10.1 Å². The third-order valence-electron chi connectivity index (χ3n) is 4.72. The summed E-state index contributed by atoms with van der Waals surface area (Å²) >= 11 is 0. The Hall–Kier alpha value is -1.44. The minimum atomic E-state index is -3.38. The number of amides is 1. The number of hydrogen-bond donors (Lipinski definition) is 1. The van der Waals surface area contributed by atoms with E-state index in [2.05, 4.69) is 5.32 Å². The van der Waals surface area contributed by atoms with E-state index in [1.54, 1.807) is 0 Å². The van der Waals surface area contributed by atoms with Crippen LogP contribution in [0.4, 0.5) is 0 Å². The van der Waals surface area contributed by atoms with Crippen LogP contribution in [0.15, 0.2) is 24.3 Å². The van der Waals surface area contributed by atoms with Crippen molar-refractivity contribution in [2.45, 2.75) is 71.8 Å². The zero-order chi connectivity index (χ0) is 19.9. The van der Waals surface area contributed by atoms with Gasteiger partial charge in [0.1, 0.15) is 6.04 Å². The average Bonchev–Trinajstić information content (AvgIpc) is 2.65. The van der Waals surface area contributed by atoms with Crippen LogP contribution in [0.25, 0.3) is 0 Å². The molecule has 7 heteroatoms. The molecule has 1 unspecified atom stereocenters. The first-order chi connectivity index (χ1) is 12.8. The Balaban J connectivity index is 2.04. The van der Waals surface area contributed by atoms with Gasteiger partial charge in [0.05, 0.1) is 18.5 Å². The zero-order valence-electron chi connectivity index (χ0n) is 16.6. The second kappa shape index (κ2) is 10.2. The summed E-state index contributed by atoms with van der Waals surface area (Å²) in [4.78, 5) is 12.8. The number of hydrogen-bond acceptors (Lipinski definition) is 4. The van der Waals surface area contributed by atoms with Gasteiger partial charge in [-0.2, -0.15) is 4.31 Å². The lowest BCUT2D eigenvalue weighted by molar-refractivity contribution is -0.125. The van der Waals surface area contributed by atoms with Crippen molar-refractivity contribution in [2.75, 3.05) is 12.3 Å². The number of piperidine rings is 1. The minimum absolute atomic E-state index is 0.0894. The smallest absolute Gasteiger partial charge is 0.238 e. The molecule has 1 heterocycles. The van der Waals surface area contributed by atoms with E-state index in [4.69, 9.17) is 4.74 Å². The number of carbonyl (C=O) groups excluding carboxylic acids is 1. The molecule has 0 saturated carbocycles. The number of nitrogens with one attached hydrogen (secondary N) is 1. The van der Waals surface area contributed by atoms with E-state index >= 15 is 0 Å². The molecule has 6 nitrogen and oxygen atoms in total. The number of nitrogens with zero attached hydrogens (tertiary/aromatic N) is 1. The quantitative estimate of drug-likeness (QED) is 0.696. The molecule has 1 aliphatic heterocycles. The summed E-state index contributed by atoms with van der Waals surface area (Å²) in [6.45, 7) is 7.10. The van der Waals surface area contributed by atoms with Gasteiger partial charge in [0.2, 0.25) is 15.9 Å². The standard InChI is InChI=1S/C20H32N2O4S/c1-4-13-27(24,25)22-12-8-7-11-19(22)20(23)21-14-17-9-5-6-10-18(17)15-26-16(2)3/h5-6,9-10,16,19H,4,7-8,11-15H2,1-3H3,(H,21,23). The first-order valence-corrected chi connectivity index (χ1v) is 11.4. The van der Waals surface area contributed by atoms with Crippen molar-refractivity contribution in [1.82, 2.24) is 9.62 Å². The molecule has 27 heavy (non-hydrogen) atoms. The lowest BCUT2D eigenvalue weighted by atomic mass is 10.0. The van der Waals surface area contributed by atoms with Crippen molar-refractivity contribution in [3.05, 3.63) is 35.4 Å². The first-order valence-electron chi connectivity index (χ1n) is 9.80. The van der Waals surface area contributed by atoms with Crippen molar-refractivity contribution in [1.29, 1.82) is 0 Å². The topological polar surface area (TPSA) is 75.7 Å². The van der Waals surface area contributed by atoms with Gasteiger partial charge in [-0.3, -0.25) is 4.79 Å². The fourth-order valence-corrected chi connectivity index (χ4v) is 5.05. The molecule has 0 aromatic heterocycles. The van der Waals surface area contributed by atoms with E-state index in [1.165, 1.54) is 4.31 Å². The Morgan fingerprint density at radius 2 is 1.96 bits per heavy atom. The molecule has 1 atom stereocenters. The third-order valence-corrected chi connectivity index (χ3v) is 6.80. The molecule has 152 valence electrons. The van der Waals surface area contributed by atoms with Crippen molar-refractivity contribution in [3.8, 4) is 0 Å². The van der Waals surface area contributed by atoms with Crippen LogP contribution in [0.3, 0.4) is 0 Å². The van der Waals surface area contributed by atoms with Gasteiger partial charge >= 0.3 is 0 Å². The zero-order valence-corrected chi connectivity index (χ0v) is 17.4. The van der Waals surface area contributed by atoms with Gasteiger partial charge in [0.25, 0.3) is 0 Å². The highest BCUT2D eigenvalue weighted by atomic mass is 32.2. The molecule has 1 aromatic carbocycles. The molecule has 0 bridgehead atoms. The van der Waals surface area contributed by atoms with Crippen molar-refractivity contribution >= 4 is 15.9 Å². The molecule has 1 N–H and O–H groups in total. The molecule has 1 fully saturated rings. The third kappa shape index (κ3) is 6.30. The van der Waals surface area contributed by atoms with E-state index in [0.717, 1.165) is 24.0 Å². The summed E-state index contributed by atoms with van der Waals surface area (Å²) in [6, 6.07) is 7.23. The van der Waals surface area contributed by atoms with Crippen LogP contribution in [-0.2, 0) is 32.7 Å². The number of ether oxygens (including phenoxy) is 1. The molecular weight excluding hydrogens is 364 g/mol. The van der Waals surface area contributed by atoms with Gasteiger partial charge in [-0.05, 0) is 44.2 Å². The number of benzene rings is 1. The van der Waals surface area contributed by atoms with Crippen LogP contribution in [-0.4, -0.2) is 43.1 Å². The fourth-order valence-electron chi connectivity index (χ4n) is 3.30. The molecule has 1 amide bonds. The van der Waals surface area contributed by atoms with Gasteiger partial charge in [-0.25, -0.2) is 8.42 Å². The lowest BCUT2D eigenvalue weighted by Gasteiger charge is -2.33. The lowest BCUT2D eigenvalue weighted by Crippen LogP contribution is -2.52. The van der Waals surface area contributed by atoms with Crippen LogP contribution in [0.2, 0.25) is 0 Å². The summed E-state index contributed by atoms with van der Waals surface area (Å²) in [5.41, 5.74) is 2.02. The van der Waals surface area contributed by atoms with Crippen molar-refractivity contribution in [3.63, 3.8) is 0 Å². The van der Waals surface area contributed by atoms with E-state index in [1.807, 2.05) is 45.0 Å². The molecule has 0 radical (unpaired) electrons. The molecule has 1 saturated heterocycles. The minimum Gasteiger partial charge on any atom is -0.374 e. The van der Waals surface area contributed by atoms with Gasteiger partial charge in [0.15, 0.2) is 0 Å². The highest BCUT2D eigenvalue weighted by Gasteiger charge is 2.35. The van der Waals surface area contributed by atoms with Crippen LogP contribution in [0, 0.1) is 0 Å². The summed E-state index contributed by atoms with van der Waals surface area (Å²) in [7, 11) is -3.38. The monoisotopic (exact) mass is 396 g/mol. The maximum atomic E-state index is 12.8. The maximum absolute atomic E-state index is 12.8. The predicted octanol–water partition coefficient (Wildman–Crippen LogP) is 2.82. The Morgan fingerprint density at radius 3 is 2.63 bits per heavy atom. The largest absolute Gasteiger partial charge is 0.374 e. The van der Waals surface area contributed by atoms with Crippen LogP contribution < -0.4 is 5.32 Å². The molecule has 0 aliphatic carbocycles. The highest BCUT2D eigenvalue weighted by Crippen LogP contribution is 2.22. The molecule has 1 aromatic rings. The van der Waals surface area contributed by atoms with Crippen LogP contribution in [0.5, 0.6) is 0 Å².